The number of carbonyl (C=O) groups is 1. The number of amides is 1. The fourth-order valence-electron chi connectivity index (χ4n) is 3.27. The zero-order valence-electron chi connectivity index (χ0n) is 18.0. The van der Waals surface area contributed by atoms with Crippen LogP contribution >= 0.6 is 11.6 Å². The molecular formula is C24H21ClN2O5. The normalized spacial score (nSPS) is 10.8. The van der Waals surface area contributed by atoms with Crippen molar-refractivity contribution in [3.63, 3.8) is 0 Å². The van der Waals surface area contributed by atoms with Crippen LogP contribution in [-0.2, 0) is 0 Å². The fourth-order valence-corrected chi connectivity index (χ4v) is 3.45. The van der Waals surface area contributed by atoms with Gasteiger partial charge >= 0.3 is 0 Å². The molecule has 0 bridgehead atoms. The van der Waals surface area contributed by atoms with Crippen molar-refractivity contribution >= 4 is 34.3 Å². The summed E-state index contributed by atoms with van der Waals surface area (Å²) in [5, 5.41) is 3.40. The Labute approximate surface area is 189 Å². The number of hydrogen-bond acceptors (Lipinski definition) is 6. The molecule has 0 aliphatic rings. The summed E-state index contributed by atoms with van der Waals surface area (Å²) in [5.74, 6) is 1.59. The molecule has 0 radical (unpaired) electrons. The van der Waals surface area contributed by atoms with Gasteiger partial charge in [-0.3, -0.25) is 4.79 Å². The van der Waals surface area contributed by atoms with E-state index in [4.69, 9.17) is 30.2 Å². The van der Waals surface area contributed by atoms with Gasteiger partial charge in [0.25, 0.3) is 5.91 Å². The van der Waals surface area contributed by atoms with Gasteiger partial charge in [-0.2, -0.15) is 0 Å². The van der Waals surface area contributed by atoms with Crippen molar-refractivity contribution in [3.05, 3.63) is 64.7 Å². The van der Waals surface area contributed by atoms with Crippen LogP contribution in [0.15, 0.2) is 52.9 Å². The van der Waals surface area contributed by atoms with Crippen molar-refractivity contribution in [2.24, 2.45) is 0 Å². The predicted molar refractivity (Wildman–Crippen MR) is 123 cm³/mol. The molecule has 0 fully saturated rings. The van der Waals surface area contributed by atoms with Gasteiger partial charge in [-0.15, -0.1) is 0 Å². The molecule has 7 nitrogen and oxygen atoms in total. The lowest BCUT2D eigenvalue weighted by Crippen LogP contribution is -2.11. The van der Waals surface area contributed by atoms with E-state index in [0.717, 1.165) is 5.56 Å². The number of anilines is 1. The topological polar surface area (TPSA) is 82.8 Å². The monoisotopic (exact) mass is 452 g/mol. The smallest absolute Gasteiger partial charge is 0.255 e. The molecule has 1 N–H and O–H groups in total. The minimum Gasteiger partial charge on any atom is -0.493 e. The van der Waals surface area contributed by atoms with Gasteiger partial charge in [-0.25, -0.2) is 4.98 Å². The summed E-state index contributed by atoms with van der Waals surface area (Å²) in [6.45, 7) is 1.88. The van der Waals surface area contributed by atoms with Crippen LogP contribution in [0.2, 0.25) is 5.02 Å². The molecule has 1 aromatic heterocycles. The Kier molecular flexibility index (Phi) is 5.92. The standard InChI is InChI=1S/C24H21ClN2O5/c1-13-5-6-14(9-17(13)25)23(28)26-16-7-8-19-18(12-16)27-24(32-19)15-10-20(29-2)22(31-4)21(11-15)30-3/h5-12H,1-4H3,(H,26,28). The first-order valence-corrected chi connectivity index (χ1v) is 10.1. The summed E-state index contributed by atoms with van der Waals surface area (Å²) in [6.07, 6.45) is 0. The molecule has 0 saturated carbocycles. The lowest BCUT2D eigenvalue weighted by molar-refractivity contribution is 0.102. The highest BCUT2D eigenvalue weighted by Gasteiger charge is 2.18. The summed E-state index contributed by atoms with van der Waals surface area (Å²) in [7, 11) is 4.63. The second-order valence-electron chi connectivity index (χ2n) is 7.03. The molecule has 8 heteroatoms. The Morgan fingerprint density at radius 1 is 0.969 bits per heavy atom. The quantitative estimate of drug-likeness (QED) is 0.402. The van der Waals surface area contributed by atoms with Crippen LogP contribution in [0.4, 0.5) is 5.69 Å². The molecule has 0 atom stereocenters. The molecule has 164 valence electrons. The number of carbonyl (C=O) groups excluding carboxylic acids is 1. The third kappa shape index (κ3) is 4.07. The number of halogens is 1. The molecule has 4 rings (SSSR count). The Morgan fingerprint density at radius 3 is 2.31 bits per heavy atom. The summed E-state index contributed by atoms with van der Waals surface area (Å²) < 4.78 is 22.1. The number of rotatable bonds is 6. The van der Waals surface area contributed by atoms with E-state index in [9.17, 15) is 4.79 Å². The van der Waals surface area contributed by atoms with Gasteiger partial charge in [0, 0.05) is 21.8 Å². The van der Waals surface area contributed by atoms with Gasteiger partial charge < -0.3 is 23.9 Å². The molecule has 0 aliphatic carbocycles. The summed E-state index contributed by atoms with van der Waals surface area (Å²) in [5.41, 5.74) is 3.80. The third-order valence-electron chi connectivity index (χ3n) is 4.99. The van der Waals surface area contributed by atoms with Crippen LogP contribution in [-0.4, -0.2) is 32.2 Å². The summed E-state index contributed by atoms with van der Waals surface area (Å²) >= 11 is 6.13. The van der Waals surface area contributed by atoms with Crippen LogP contribution in [0.25, 0.3) is 22.6 Å². The first-order chi connectivity index (χ1) is 15.4. The van der Waals surface area contributed by atoms with E-state index >= 15 is 0 Å². The number of aryl methyl sites for hydroxylation is 1. The molecule has 1 amide bonds. The lowest BCUT2D eigenvalue weighted by atomic mass is 10.1. The number of oxazole rings is 1. The van der Waals surface area contributed by atoms with Crippen molar-refractivity contribution in [3.8, 4) is 28.7 Å². The Hall–Kier alpha value is -3.71. The lowest BCUT2D eigenvalue weighted by Gasteiger charge is -2.12. The molecule has 3 aromatic carbocycles. The van der Waals surface area contributed by atoms with E-state index in [1.54, 1.807) is 63.8 Å². The van der Waals surface area contributed by atoms with Crippen molar-refractivity contribution in [1.82, 2.24) is 4.98 Å². The van der Waals surface area contributed by atoms with E-state index in [1.807, 2.05) is 13.0 Å². The minimum atomic E-state index is -0.264. The third-order valence-corrected chi connectivity index (χ3v) is 5.40. The average Bonchev–Trinajstić information content (AvgIpc) is 3.23. The maximum absolute atomic E-state index is 12.6. The van der Waals surface area contributed by atoms with Gasteiger partial charge in [0.2, 0.25) is 11.6 Å². The second-order valence-corrected chi connectivity index (χ2v) is 7.44. The van der Waals surface area contributed by atoms with Crippen LogP contribution in [0.5, 0.6) is 17.2 Å². The zero-order valence-corrected chi connectivity index (χ0v) is 18.7. The van der Waals surface area contributed by atoms with Crippen molar-refractivity contribution in [2.45, 2.75) is 6.92 Å². The molecule has 4 aromatic rings. The Bertz CT molecular complexity index is 1290. The largest absolute Gasteiger partial charge is 0.493 e. The number of nitrogens with one attached hydrogen (secondary N) is 1. The number of hydrogen-bond donors (Lipinski definition) is 1. The number of ether oxygens (including phenoxy) is 3. The van der Waals surface area contributed by atoms with Crippen LogP contribution < -0.4 is 19.5 Å². The highest BCUT2D eigenvalue weighted by molar-refractivity contribution is 6.31. The maximum Gasteiger partial charge on any atom is 0.255 e. The van der Waals surface area contributed by atoms with E-state index in [0.29, 0.717) is 56.1 Å². The van der Waals surface area contributed by atoms with E-state index in [-0.39, 0.29) is 5.91 Å². The highest BCUT2D eigenvalue weighted by atomic mass is 35.5. The number of aromatic nitrogens is 1. The van der Waals surface area contributed by atoms with Crippen molar-refractivity contribution < 1.29 is 23.4 Å². The highest BCUT2D eigenvalue weighted by Crippen LogP contribution is 2.41. The molecule has 0 saturated heterocycles. The molecular weight excluding hydrogens is 432 g/mol. The van der Waals surface area contributed by atoms with Crippen molar-refractivity contribution in [1.29, 1.82) is 0 Å². The molecule has 0 aliphatic heterocycles. The Balaban J connectivity index is 1.65. The maximum atomic E-state index is 12.6. The Morgan fingerprint density at radius 2 is 1.69 bits per heavy atom. The number of fused-ring (bicyclic) bond motifs is 1. The van der Waals surface area contributed by atoms with Crippen LogP contribution in [0.1, 0.15) is 15.9 Å². The number of methoxy groups -OCH3 is 3. The first kappa shape index (κ1) is 21.5. The summed E-state index contributed by atoms with van der Waals surface area (Å²) in [4.78, 5) is 17.2. The zero-order chi connectivity index (χ0) is 22.8. The van der Waals surface area contributed by atoms with Crippen molar-refractivity contribution in [2.75, 3.05) is 26.6 Å². The first-order valence-electron chi connectivity index (χ1n) is 9.72. The number of benzene rings is 3. The van der Waals surface area contributed by atoms with E-state index in [2.05, 4.69) is 10.3 Å². The van der Waals surface area contributed by atoms with Gasteiger partial charge in [-0.1, -0.05) is 17.7 Å². The number of nitrogens with zero attached hydrogens (tertiary/aromatic N) is 1. The minimum absolute atomic E-state index is 0.264. The second kappa shape index (κ2) is 8.80. The average molecular weight is 453 g/mol. The van der Waals surface area contributed by atoms with Gasteiger partial charge in [0.15, 0.2) is 17.1 Å². The molecule has 0 unspecified atom stereocenters. The van der Waals surface area contributed by atoms with Gasteiger partial charge in [0.1, 0.15) is 5.52 Å². The van der Waals surface area contributed by atoms with Crippen LogP contribution in [0, 0.1) is 6.92 Å². The van der Waals surface area contributed by atoms with E-state index in [1.165, 1.54) is 0 Å². The predicted octanol–water partition coefficient (Wildman–Crippen LogP) is 5.73. The van der Waals surface area contributed by atoms with Crippen LogP contribution in [0.3, 0.4) is 0 Å². The van der Waals surface area contributed by atoms with E-state index < -0.39 is 0 Å². The molecule has 1 heterocycles. The van der Waals surface area contributed by atoms with Gasteiger partial charge in [-0.05, 0) is 55.0 Å². The van der Waals surface area contributed by atoms with Gasteiger partial charge in [0.05, 0.1) is 21.3 Å². The SMILES string of the molecule is COc1cc(-c2nc3cc(NC(=O)c4ccc(C)c(Cl)c4)ccc3o2)cc(OC)c1OC. The fraction of sp³-hybridized carbons (Fsp3) is 0.167. The molecule has 0 spiro atoms. The molecule has 32 heavy (non-hydrogen) atoms. The summed E-state index contributed by atoms with van der Waals surface area (Å²) in [6, 6.07) is 13.9.